The van der Waals surface area contributed by atoms with E-state index in [2.05, 4.69) is 10.6 Å². The molecule has 0 aromatic heterocycles. The molecule has 0 rings (SSSR count). The second-order valence-corrected chi connectivity index (χ2v) is 4.31. The molecule has 0 fully saturated rings. The summed E-state index contributed by atoms with van der Waals surface area (Å²) in [5.74, 6) is -0.761. The number of carbonyl (C=O) groups is 2. The van der Waals surface area contributed by atoms with Crippen LogP contribution in [0.3, 0.4) is 0 Å². The number of amides is 2. The fraction of sp³-hybridized carbons (Fsp3) is 0.833. The number of carboxylic acids is 1. The molecule has 6 heteroatoms. The summed E-state index contributed by atoms with van der Waals surface area (Å²) < 4.78 is 0. The molecule has 0 heterocycles. The molecule has 0 aliphatic heterocycles. The van der Waals surface area contributed by atoms with Gasteiger partial charge in [0.05, 0.1) is 0 Å². The third-order valence-corrected chi connectivity index (χ3v) is 2.61. The largest absolute Gasteiger partial charge is 0.481 e. The van der Waals surface area contributed by atoms with Crippen LogP contribution in [0.5, 0.6) is 0 Å². The van der Waals surface area contributed by atoms with Gasteiger partial charge < -0.3 is 20.6 Å². The molecule has 6 nitrogen and oxygen atoms in total. The van der Waals surface area contributed by atoms with Crippen LogP contribution in [0.2, 0.25) is 0 Å². The van der Waals surface area contributed by atoms with Crippen LogP contribution in [0.15, 0.2) is 0 Å². The average Bonchev–Trinajstić information content (AvgIpc) is 2.33. The SMILES string of the molecule is CNCCCN(C)C(=O)NCCCCCC(=O)O. The van der Waals surface area contributed by atoms with Gasteiger partial charge in [-0.15, -0.1) is 0 Å². The van der Waals surface area contributed by atoms with E-state index in [0.717, 1.165) is 32.4 Å². The molecule has 3 N–H and O–H groups in total. The fourth-order valence-electron chi connectivity index (χ4n) is 1.50. The van der Waals surface area contributed by atoms with Crippen molar-refractivity contribution in [1.29, 1.82) is 0 Å². The van der Waals surface area contributed by atoms with Crippen molar-refractivity contribution in [3.8, 4) is 0 Å². The van der Waals surface area contributed by atoms with Gasteiger partial charge in [0.2, 0.25) is 0 Å². The fourth-order valence-corrected chi connectivity index (χ4v) is 1.50. The number of urea groups is 1. The van der Waals surface area contributed by atoms with Crippen LogP contribution >= 0.6 is 0 Å². The summed E-state index contributed by atoms with van der Waals surface area (Å²) in [6.45, 7) is 2.23. The van der Waals surface area contributed by atoms with E-state index in [1.807, 2.05) is 7.05 Å². The van der Waals surface area contributed by atoms with Crippen molar-refractivity contribution in [2.24, 2.45) is 0 Å². The van der Waals surface area contributed by atoms with Crippen LogP contribution in [0.4, 0.5) is 4.79 Å². The molecule has 0 saturated heterocycles. The van der Waals surface area contributed by atoms with Crippen molar-refractivity contribution in [3.05, 3.63) is 0 Å². The summed E-state index contributed by atoms with van der Waals surface area (Å²) in [5.41, 5.74) is 0. The highest BCUT2D eigenvalue weighted by Crippen LogP contribution is 1.98. The molecular weight excluding hydrogens is 234 g/mol. The van der Waals surface area contributed by atoms with E-state index < -0.39 is 5.97 Å². The first-order valence-electron chi connectivity index (χ1n) is 6.43. The van der Waals surface area contributed by atoms with Crippen molar-refractivity contribution < 1.29 is 14.7 Å². The van der Waals surface area contributed by atoms with Gasteiger partial charge in [-0.1, -0.05) is 6.42 Å². The number of nitrogens with zero attached hydrogens (tertiary/aromatic N) is 1. The Morgan fingerprint density at radius 1 is 1.11 bits per heavy atom. The van der Waals surface area contributed by atoms with E-state index in [0.29, 0.717) is 13.0 Å². The number of aliphatic carboxylic acids is 1. The Morgan fingerprint density at radius 2 is 1.83 bits per heavy atom. The van der Waals surface area contributed by atoms with Gasteiger partial charge in [-0.05, 0) is 32.9 Å². The molecule has 0 radical (unpaired) electrons. The normalized spacial score (nSPS) is 10.1. The quantitative estimate of drug-likeness (QED) is 0.509. The Bertz CT molecular complexity index is 247. The highest BCUT2D eigenvalue weighted by Gasteiger charge is 2.06. The highest BCUT2D eigenvalue weighted by molar-refractivity contribution is 5.73. The zero-order valence-corrected chi connectivity index (χ0v) is 11.4. The topological polar surface area (TPSA) is 81.7 Å². The first kappa shape index (κ1) is 16.7. The second kappa shape index (κ2) is 10.8. The lowest BCUT2D eigenvalue weighted by Crippen LogP contribution is -2.38. The van der Waals surface area contributed by atoms with Gasteiger partial charge in [0.15, 0.2) is 0 Å². The van der Waals surface area contributed by atoms with Crippen molar-refractivity contribution in [1.82, 2.24) is 15.5 Å². The zero-order valence-electron chi connectivity index (χ0n) is 11.4. The molecule has 0 aliphatic rings. The van der Waals surface area contributed by atoms with E-state index in [-0.39, 0.29) is 12.5 Å². The first-order valence-corrected chi connectivity index (χ1v) is 6.43. The van der Waals surface area contributed by atoms with Crippen LogP contribution in [-0.4, -0.2) is 55.7 Å². The van der Waals surface area contributed by atoms with Gasteiger partial charge >= 0.3 is 12.0 Å². The Labute approximate surface area is 109 Å². The van der Waals surface area contributed by atoms with Gasteiger partial charge in [-0.2, -0.15) is 0 Å². The van der Waals surface area contributed by atoms with Crippen molar-refractivity contribution in [2.45, 2.75) is 32.1 Å². The van der Waals surface area contributed by atoms with Crippen LogP contribution in [0.25, 0.3) is 0 Å². The van der Waals surface area contributed by atoms with Crippen molar-refractivity contribution >= 4 is 12.0 Å². The summed E-state index contributed by atoms with van der Waals surface area (Å²) in [5, 5.41) is 14.3. The first-order chi connectivity index (χ1) is 8.57. The van der Waals surface area contributed by atoms with Gasteiger partial charge in [-0.25, -0.2) is 4.79 Å². The average molecular weight is 259 g/mol. The number of hydrogen-bond acceptors (Lipinski definition) is 3. The Balaban J connectivity index is 3.43. The maximum Gasteiger partial charge on any atom is 0.317 e. The Morgan fingerprint density at radius 3 is 2.44 bits per heavy atom. The maximum absolute atomic E-state index is 11.6. The van der Waals surface area contributed by atoms with Crippen LogP contribution in [0.1, 0.15) is 32.1 Å². The number of rotatable bonds is 10. The summed E-state index contributed by atoms with van der Waals surface area (Å²) in [4.78, 5) is 23.5. The molecule has 0 unspecified atom stereocenters. The Hall–Kier alpha value is -1.30. The standard InChI is InChI=1S/C12H25N3O3/c1-13-8-6-10-15(2)12(18)14-9-5-3-4-7-11(16)17/h13H,3-10H2,1-2H3,(H,14,18)(H,16,17). The minimum atomic E-state index is -0.761. The molecule has 0 spiro atoms. The molecule has 0 aromatic carbocycles. The Kier molecular flexibility index (Phi) is 10.0. The summed E-state index contributed by atoms with van der Waals surface area (Å²) >= 11 is 0. The van der Waals surface area contributed by atoms with Crippen LogP contribution in [0, 0.1) is 0 Å². The molecule has 0 aromatic rings. The van der Waals surface area contributed by atoms with E-state index in [4.69, 9.17) is 5.11 Å². The maximum atomic E-state index is 11.6. The predicted octanol–water partition coefficient (Wildman–Crippen LogP) is 0.882. The van der Waals surface area contributed by atoms with E-state index in [1.54, 1.807) is 11.9 Å². The highest BCUT2D eigenvalue weighted by atomic mass is 16.4. The zero-order chi connectivity index (χ0) is 13.8. The van der Waals surface area contributed by atoms with Crippen LogP contribution in [-0.2, 0) is 4.79 Å². The number of carboxylic acid groups (broad SMARTS) is 1. The van der Waals surface area contributed by atoms with Gasteiger partial charge in [-0.3, -0.25) is 4.79 Å². The third-order valence-electron chi connectivity index (χ3n) is 2.61. The second-order valence-electron chi connectivity index (χ2n) is 4.31. The number of unbranched alkanes of at least 4 members (excludes halogenated alkanes) is 2. The van der Waals surface area contributed by atoms with Gasteiger partial charge in [0.25, 0.3) is 0 Å². The molecule has 0 atom stereocenters. The summed E-state index contributed by atoms with van der Waals surface area (Å²) in [7, 11) is 3.66. The van der Waals surface area contributed by atoms with Crippen molar-refractivity contribution in [3.63, 3.8) is 0 Å². The lowest BCUT2D eigenvalue weighted by Gasteiger charge is -2.17. The smallest absolute Gasteiger partial charge is 0.317 e. The lowest BCUT2D eigenvalue weighted by atomic mass is 10.2. The molecule has 2 amide bonds. The van der Waals surface area contributed by atoms with Gasteiger partial charge in [0.1, 0.15) is 0 Å². The third kappa shape index (κ3) is 9.89. The van der Waals surface area contributed by atoms with Crippen LogP contribution < -0.4 is 10.6 Å². The molecule has 18 heavy (non-hydrogen) atoms. The van der Waals surface area contributed by atoms with E-state index in [9.17, 15) is 9.59 Å². The van der Waals surface area contributed by atoms with E-state index in [1.165, 1.54) is 0 Å². The van der Waals surface area contributed by atoms with Gasteiger partial charge in [0, 0.05) is 26.6 Å². The van der Waals surface area contributed by atoms with Crippen molar-refractivity contribution in [2.75, 3.05) is 33.7 Å². The number of nitrogens with one attached hydrogen (secondary N) is 2. The summed E-state index contributed by atoms with van der Waals surface area (Å²) in [6, 6.07) is -0.0654. The van der Waals surface area contributed by atoms with E-state index >= 15 is 0 Å². The minimum Gasteiger partial charge on any atom is -0.481 e. The molecule has 0 saturated carbocycles. The number of hydrogen-bond donors (Lipinski definition) is 3. The predicted molar refractivity (Wildman–Crippen MR) is 70.7 cm³/mol. The summed E-state index contributed by atoms with van der Waals surface area (Å²) in [6.07, 6.45) is 3.46. The minimum absolute atomic E-state index is 0.0654. The molecule has 0 aliphatic carbocycles. The number of carbonyl (C=O) groups excluding carboxylic acids is 1. The monoisotopic (exact) mass is 259 g/mol. The molecule has 0 bridgehead atoms. The lowest BCUT2D eigenvalue weighted by molar-refractivity contribution is -0.137. The molecule has 106 valence electrons. The molecular formula is C12H25N3O3.